The molecule has 0 radical (unpaired) electrons. The fraction of sp³-hybridized carbons (Fsp3) is 0.235. The Morgan fingerprint density at radius 3 is 2.62 bits per heavy atom. The summed E-state index contributed by atoms with van der Waals surface area (Å²) in [5.41, 5.74) is 0.720. The zero-order valence-corrected chi connectivity index (χ0v) is 11.9. The SMILES string of the molecule is CCC(Oc1ccccc1)C(=O)NCc1cccc(F)c1. The quantitative estimate of drug-likeness (QED) is 0.885. The number of carbonyl (C=O) groups excluding carboxylic acids is 1. The number of halogens is 1. The van der Waals surface area contributed by atoms with Crippen LogP contribution in [-0.2, 0) is 11.3 Å². The van der Waals surface area contributed by atoms with Gasteiger partial charge in [0.2, 0.25) is 0 Å². The van der Waals surface area contributed by atoms with Crippen LogP contribution in [0.3, 0.4) is 0 Å². The zero-order valence-electron chi connectivity index (χ0n) is 11.9. The topological polar surface area (TPSA) is 38.3 Å². The van der Waals surface area contributed by atoms with Gasteiger partial charge in [0.05, 0.1) is 0 Å². The minimum atomic E-state index is -0.555. The fourth-order valence-electron chi connectivity index (χ4n) is 1.94. The van der Waals surface area contributed by atoms with Crippen molar-refractivity contribution in [1.29, 1.82) is 0 Å². The molecule has 1 amide bonds. The maximum atomic E-state index is 13.1. The average molecular weight is 287 g/mol. The molecule has 110 valence electrons. The second kappa shape index (κ2) is 7.43. The Kier molecular flexibility index (Phi) is 5.32. The van der Waals surface area contributed by atoms with E-state index in [9.17, 15) is 9.18 Å². The van der Waals surface area contributed by atoms with Crippen molar-refractivity contribution in [2.24, 2.45) is 0 Å². The number of hydrogen-bond acceptors (Lipinski definition) is 2. The number of carbonyl (C=O) groups is 1. The zero-order chi connectivity index (χ0) is 15.1. The summed E-state index contributed by atoms with van der Waals surface area (Å²) in [7, 11) is 0. The Labute approximate surface area is 123 Å². The molecule has 0 aliphatic rings. The summed E-state index contributed by atoms with van der Waals surface area (Å²) in [5.74, 6) is 0.144. The van der Waals surface area contributed by atoms with Crippen LogP contribution in [0, 0.1) is 5.82 Å². The van der Waals surface area contributed by atoms with E-state index in [0.717, 1.165) is 5.56 Å². The summed E-state index contributed by atoms with van der Waals surface area (Å²) in [6, 6.07) is 15.4. The van der Waals surface area contributed by atoms with Crippen LogP contribution in [-0.4, -0.2) is 12.0 Å². The van der Waals surface area contributed by atoms with E-state index in [1.807, 2.05) is 37.3 Å². The molecule has 21 heavy (non-hydrogen) atoms. The third kappa shape index (κ3) is 4.60. The monoisotopic (exact) mass is 287 g/mol. The van der Waals surface area contributed by atoms with E-state index < -0.39 is 6.10 Å². The van der Waals surface area contributed by atoms with Gasteiger partial charge in [-0.25, -0.2) is 4.39 Å². The second-order valence-electron chi connectivity index (χ2n) is 4.68. The third-order valence-electron chi connectivity index (χ3n) is 3.04. The normalized spacial score (nSPS) is 11.7. The van der Waals surface area contributed by atoms with Crippen molar-refractivity contribution in [3.8, 4) is 5.75 Å². The summed E-state index contributed by atoms with van der Waals surface area (Å²) >= 11 is 0. The Bertz CT molecular complexity index is 586. The standard InChI is InChI=1S/C17H18FNO2/c1-2-16(21-15-9-4-3-5-10-15)17(20)19-12-13-7-6-8-14(18)11-13/h3-11,16H,2,12H2,1H3,(H,19,20). The molecule has 4 heteroatoms. The molecule has 0 spiro atoms. The lowest BCUT2D eigenvalue weighted by molar-refractivity contribution is -0.128. The van der Waals surface area contributed by atoms with Crippen LogP contribution in [0.1, 0.15) is 18.9 Å². The highest BCUT2D eigenvalue weighted by Crippen LogP contribution is 2.12. The van der Waals surface area contributed by atoms with Gasteiger partial charge in [-0.1, -0.05) is 37.3 Å². The van der Waals surface area contributed by atoms with Gasteiger partial charge in [-0.05, 0) is 36.2 Å². The summed E-state index contributed by atoms with van der Waals surface area (Å²) < 4.78 is 18.7. The lowest BCUT2D eigenvalue weighted by atomic mass is 10.2. The lowest BCUT2D eigenvalue weighted by Crippen LogP contribution is -2.37. The van der Waals surface area contributed by atoms with E-state index in [1.54, 1.807) is 12.1 Å². The smallest absolute Gasteiger partial charge is 0.261 e. The minimum absolute atomic E-state index is 0.203. The van der Waals surface area contributed by atoms with Gasteiger partial charge >= 0.3 is 0 Å². The maximum Gasteiger partial charge on any atom is 0.261 e. The first kappa shape index (κ1) is 15.0. The van der Waals surface area contributed by atoms with Gasteiger partial charge in [0, 0.05) is 6.54 Å². The van der Waals surface area contributed by atoms with Gasteiger partial charge in [0.25, 0.3) is 5.91 Å². The van der Waals surface area contributed by atoms with E-state index in [2.05, 4.69) is 5.32 Å². The molecule has 0 saturated carbocycles. The Hall–Kier alpha value is -2.36. The third-order valence-corrected chi connectivity index (χ3v) is 3.04. The van der Waals surface area contributed by atoms with Crippen molar-refractivity contribution in [2.75, 3.05) is 0 Å². The summed E-state index contributed by atoms with van der Waals surface area (Å²) in [4.78, 5) is 12.1. The van der Waals surface area contributed by atoms with E-state index in [-0.39, 0.29) is 18.3 Å². The van der Waals surface area contributed by atoms with Crippen LogP contribution in [0.2, 0.25) is 0 Å². The van der Waals surface area contributed by atoms with Crippen molar-refractivity contribution < 1.29 is 13.9 Å². The summed E-state index contributed by atoms with van der Waals surface area (Å²) in [6.45, 7) is 2.17. The Morgan fingerprint density at radius 2 is 1.95 bits per heavy atom. The molecule has 3 nitrogen and oxygen atoms in total. The number of rotatable bonds is 6. The van der Waals surface area contributed by atoms with E-state index >= 15 is 0 Å². The molecule has 1 atom stereocenters. The summed E-state index contributed by atoms with van der Waals surface area (Å²) in [6.07, 6.45) is 0.00474. The Morgan fingerprint density at radius 1 is 1.19 bits per heavy atom. The molecular formula is C17H18FNO2. The van der Waals surface area contributed by atoms with Crippen molar-refractivity contribution >= 4 is 5.91 Å². The molecule has 1 unspecified atom stereocenters. The van der Waals surface area contributed by atoms with Crippen LogP contribution in [0.15, 0.2) is 54.6 Å². The van der Waals surface area contributed by atoms with Gasteiger partial charge in [-0.3, -0.25) is 4.79 Å². The van der Waals surface area contributed by atoms with Gasteiger partial charge in [-0.15, -0.1) is 0 Å². The van der Waals surface area contributed by atoms with Crippen LogP contribution >= 0.6 is 0 Å². The molecule has 0 bridgehead atoms. The van der Waals surface area contributed by atoms with Crippen molar-refractivity contribution in [1.82, 2.24) is 5.32 Å². The predicted octanol–water partition coefficient (Wildman–Crippen LogP) is 3.30. The minimum Gasteiger partial charge on any atom is -0.481 e. The number of ether oxygens (including phenoxy) is 1. The molecule has 1 N–H and O–H groups in total. The molecular weight excluding hydrogens is 269 g/mol. The van der Waals surface area contributed by atoms with Crippen molar-refractivity contribution in [2.45, 2.75) is 26.0 Å². The highest BCUT2D eigenvalue weighted by molar-refractivity contribution is 5.81. The maximum absolute atomic E-state index is 13.1. The van der Waals surface area contributed by atoms with Crippen LogP contribution < -0.4 is 10.1 Å². The first-order valence-corrected chi connectivity index (χ1v) is 6.93. The fourth-order valence-corrected chi connectivity index (χ4v) is 1.94. The van der Waals surface area contributed by atoms with Gasteiger partial charge in [0.1, 0.15) is 11.6 Å². The van der Waals surface area contributed by atoms with Crippen LogP contribution in [0.4, 0.5) is 4.39 Å². The molecule has 0 saturated heterocycles. The van der Waals surface area contributed by atoms with E-state index in [1.165, 1.54) is 12.1 Å². The molecule has 2 aromatic carbocycles. The predicted molar refractivity (Wildman–Crippen MR) is 79.4 cm³/mol. The largest absolute Gasteiger partial charge is 0.481 e. The molecule has 0 aliphatic heterocycles. The van der Waals surface area contributed by atoms with Crippen molar-refractivity contribution in [3.05, 3.63) is 66.0 Å². The number of amides is 1. The molecule has 2 aromatic rings. The molecule has 0 aromatic heterocycles. The average Bonchev–Trinajstić information content (AvgIpc) is 2.51. The van der Waals surface area contributed by atoms with Gasteiger partial charge in [0.15, 0.2) is 6.10 Å². The van der Waals surface area contributed by atoms with Crippen LogP contribution in [0.25, 0.3) is 0 Å². The van der Waals surface area contributed by atoms with Crippen molar-refractivity contribution in [3.63, 3.8) is 0 Å². The highest BCUT2D eigenvalue weighted by Gasteiger charge is 2.17. The number of benzene rings is 2. The van der Waals surface area contributed by atoms with E-state index in [4.69, 9.17) is 4.74 Å². The number of para-hydroxylation sites is 1. The molecule has 2 rings (SSSR count). The first-order valence-electron chi connectivity index (χ1n) is 6.93. The molecule has 0 fully saturated rings. The van der Waals surface area contributed by atoms with E-state index in [0.29, 0.717) is 12.2 Å². The Balaban J connectivity index is 1.91. The number of nitrogens with one attached hydrogen (secondary N) is 1. The highest BCUT2D eigenvalue weighted by atomic mass is 19.1. The molecule has 0 heterocycles. The summed E-state index contributed by atoms with van der Waals surface area (Å²) in [5, 5.41) is 2.77. The molecule has 0 aliphatic carbocycles. The van der Waals surface area contributed by atoms with Crippen LogP contribution in [0.5, 0.6) is 5.75 Å². The van der Waals surface area contributed by atoms with Gasteiger partial charge < -0.3 is 10.1 Å². The number of hydrogen-bond donors (Lipinski definition) is 1. The lowest BCUT2D eigenvalue weighted by Gasteiger charge is -2.17. The van der Waals surface area contributed by atoms with Gasteiger partial charge in [-0.2, -0.15) is 0 Å². The second-order valence-corrected chi connectivity index (χ2v) is 4.68. The first-order chi connectivity index (χ1) is 10.2.